The van der Waals surface area contributed by atoms with Gasteiger partial charge in [-0.1, -0.05) is 218 Å². The average molecular weight is 1140 g/mol. The van der Waals surface area contributed by atoms with Crippen molar-refractivity contribution in [2.45, 2.75) is 0 Å². The molecule has 0 amide bonds. The molecular formula is C78H47N11. The third-order valence-corrected chi connectivity index (χ3v) is 15.8. The van der Waals surface area contributed by atoms with Gasteiger partial charge in [-0.3, -0.25) is 0 Å². The SMILES string of the molecule is N#Cc1ccccc1-c1cc(-c2nc(-c3ccccc3)cc(-c3ccccc3)n2)cc(-c2ccccc2C#N)c1-n1c2ccc(-c3nc(-c4ccccc4)nc(-c4ccccc4)n3)cc2c2cc(-c3nc(-c4ccccc4)nc(-c4ccccc4)n3)ccc21. The van der Waals surface area contributed by atoms with Gasteiger partial charge in [-0.15, -0.1) is 0 Å². The highest BCUT2D eigenvalue weighted by atomic mass is 15.0. The Balaban J connectivity index is 1.05. The van der Waals surface area contributed by atoms with Crippen LogP contribution in [-0.2, 0) is 0 Å². The minimum atomic E-state index is 0.455. The largest absolute Gasteiger partial charge is 0.308 e. The first-order chi connectivity index (χ1) is 44.0. The molecule has 15 rings (SSSR count). The molecule has 0 unspecified atom stereocenters. The van der Waals surface area contributed by atoms with Crippen LogP contribution < -0.4 is 0 Å². The van der Waals surface area contributed by atoms with Crippen molar-refractivity contribution in [3.63, 3.8) is 0 Å². The van der Waals surface area contributed by atoms with Crippen molar-refractivity contribution < 1.29 is 0 Å². The van der Waals surface area contributed by atoms with Crippen molar-refractivity contribution >= 4 is 21.8 Å². The zero-order valence-electron chi connectivity index (χ0n) is 47.6. The van der Waals surface area contributed by atoms with Gasteiger partial charge in [0.1, 0.15) is 0 Å². The summed E-state index contributed by atoms with van der Waals surface area (Å²) in [6.45, 7) is 0. The van der Waals surface area contributed by atoms with Gasteiger partial charge in [-0.05, 0) is 66.7 Å². The third kappa shape index (κ3) is 10.2. The number of hydrogen-bond acceptors (Lipinski definition) is 10. The molecule has 0 N–H and O–H groups in total. The summed E-state index contributed by atoms with van der Waals surface area (Å²) in [6, 6.07) is 99.1. The van der Waals surface area contributed by atoms with Crippen molar-refractivity contribution in [2.24, 2.45) is 0 Å². The second-order valence-corrected chi connectivity index (χ2v) is 21.3. The smallest absolute Gasteiger partial charge is 0.164 e. The van der Waals surface area contributed by atoms with E-state index in [0.29, 0.717) is 79.7 Å². The monoisotopic (exact) mass is 1140 g/mol. The summed E-state index contributed by atoms with van der Waals surface area (Å²) >= 11 is 0. The Bertz CT molecular complexity index is 4820. The predicted octanol–water partition coefficient (Wildman–Crippen LogP) is 18.0. The summed E-state index contributed by atoms with van der Waals surface area (Å²) < 4.78 is 2.25. The first kappa shape index (κ1) is 53.1. The van der Waals surface area contributed by atoms with Gasteiger partial charge in [-0.2, -0.15) is 10.5 Å². The predicted molar refractivity (Wildman–Crippen MR) is 352 cm³/mol. The van der Waals surface area contributed by atoms with Crippen molar-refractivity contribution in [3.8, 4) is 142 Å². The summed E-state index contributed by atoms with van der Waals surface area (Å²) in [5.41, 5.74) is 14.9. The molecule has 0 aliphatic carbocycles. The van der Waals surface area contributed by atoms with E-state index in [0.717, 1.165) is 83.4 Å². The molecule has 414 valence electrons. The zero-order chi connectivity index (χ0) is 59.6. The molecule has 0 saturated heterocycles. The molecule has 0 saturated carbocycles. The molecule has 11 heteroatoms. The van der Waals surface area contributed by atoms with Crippen LogP contribution in [0.3, 0.4) is 0 Å². The van der Waals surface area contributed by atoms with E-state index in [9.17, 15) is 10.5 Å². The molecule has 4 aromatic heterocycles. The second kappa shape index (κ2) is 23.0. The van der Waals surface area contributed by atoms with E-state index < -0.39 is 0 Å². The summed E-state index contributed by atoms with van der Waals surface area (Å²) in [5.74, 6) is 3.57. The molecule has 0 atom stereocenters. The lowest BCUT2D eigenvalue weighted by molar-refractivity contribution is 1.07. The van der Waals surface area contributed by atoms with E-state index >= 15 is 0 Å². The van der Waals surface area contributed by atoms with Crippen LogP contribution in [0.25, 0.3) is 152 Å². The van der Waals surface area contributed by atoms with E-state index in [2.05, 4.69) is 65.2 Å². The molecule has 15 aromatic rings. The van der Waals surface area contributed by atoms with Gasteiger partial charge in [-0.25, -0.2) is 39.9 Å². The van der Waals surface area contributed by atoms with Crippen LogP contribution in [0.5, 0.6) is 0 Å². The topological polar surface area (TPSA) is 156 Å². The van der Waals surface area contributed by atoms with Gasteiger partial charge in [0.15, 0.2) is 40.8 Å². The molecule has 89 heavy (non-hydrogen) atoms. The van der Waals surface area contributed by atoms with Gasteiger partial charge in [0, 0.05) is 83.1 Å². The summed E-state index contributed by atoms with van der Waals surface area (Å²) in [7, 11) is 0. The van der Waals surface area contributed by atoms with Crippen molar-refractivity contribution in [3.05, 3.63) is 296 Å². The molecule has 11 nitrogen and oxygen atoms in total. The van der Waals surface area contributed by atoms with Crippen LogP contribution in [0.4, 0.5) is 0 Å². The highest BCUT2D eigenvalue weighted by molar-refractivity contribution is 6.13. The summed E-state index contributed by atoms with van der Waals surface area (Å²) in [6.07, 6.45) is 0. The Morgan fingerprint density at radius 2 is 0.528 bits per heavy atom. The Morgan fingerprint density at radius 3 is 0.865 bits per heavy atom. The number of hydrogen-bond donors (Lipinski definition) is 0. The van der Waals surface area contributed by atoms with E-state index in [4.69, 9.17) is 39.9 Å². The molecule has 0 spiro atoms. The van der Waals surface area contributed by atoms with E-state index in [1.165, 1.54) is 0 Å². The maximum absolute atomic E-state index is 11.1. The van der Waals surface area contributed by atoms with Crippen LogP contribution in [0.2, 0.25) is 0 Å². The Morgan fingerprint density at radius 1 is 0.236 bits per heavy atom. The quantitative estimate of drug-likeness (QED) is 0.115. The molecule has 0 bridgehead atoms. The number of nitrogens with zero attached hydrogens (tertiary/aromatic N) is 11. The fourth-order valence-corrected chi connectivity index (χ4v) is 11.6. The minimum Gasteiger partial charge on any atom is -0.308 e. The third-order valence-electron chi connectivity index (χ3n) is 15.8. The maximum Gasteiger partial charge on any atom is 0.164 e. The summed E-state index contributed by atoms with van der Waals surface area (Å²) in [5, 5.41) is 23.9. The van der Waals surface area contributed by atoms with Gasteiger partial charge < -0.3 is 4.57 Å². The lowest BCUT2D eigenvalue weighted by atomic mass is 9.89. The highest BCUT2D eigenvalue weighted by Crippen LogP contribution is 2.47. The lowest BCUT2D eigenvalue weighted by Crippen LogP contribution is -2.04. The molecule has 11 aromatic carbocycles. The lowest BCUT2D eigenvalue weighted by Gasteiger charge is -2.22. The number of benzene rings is 11. The van der Waals surface area contributed by atoms with Crippen LogP contribution >= 0.6 is 0 Å². The first-order valence-corrected chi connectivity index (χ1v) is 29.0. The summed E-state index contributed by atoms with van der Waals surface area (Å²) in [4.78, 5) is 41.6. The normalized spacial score (nSPS) is 11.1. The molecular weight excluding hydrogens is 1090 g/mol. The molecule has 4 heterocycles. The minimum absolute atomic E-state index is 0.455. The van der Waals surface area contributed by atoms with Gasteiger partial charge >= 0.3 is 0 Å². The van der Waals surface area contributed by atoms with E-state index in [-0.39, 0.29) is 0 Å². The number of rotatable bonds is 12. The fourth-order valence-electron chi connectivity index (χ4n) is 11.6. The number of aromatic nitrogens is 9. The molecule has 0 fully saturated rings. The Kier molecular flexibility index (Phi) is 13.7. The van der Waals surface area contributed by atoms with Gasteiger partial charge in [0.2, 0.25) is 0 Å². The maximum atomic E-state index is 11.1. The fraction of sp³-hybridized carbons (Fsp3) is 0. The van der Waals surface area contributed by atoms with Crippen LogP contribution in [-0.4, -0.2) is 44.4 Å². The molecule has 0 aliphatic heterocycles. The van der Waals surface area contributed by atoms with E-state index in [1.807, 2.05) is 237 Å². The molecule has 0 aliphatic rings. The first-order valence-electron chi connectivity index (χ1n) is 29.0. The van der Waals surface area contributed by atoms with Crippen LogP contribution in [0.1, 0.15) is 11.1 Å². The zero-order valence-corrected chi connectivity index (χ0v) is 47.6. The standard InChI is InChI=1S/C78H47N11/c79-48-58-35-19-21-37-61(58)65-45-60(78-81-67(50-23-7-1-8-24-50)47-68(82-78)51-25-9-2-10-26-51)46-66(62-38-22-20-36-59(62)49-80)71(65)89-69-41-39-56(76-85-72(52-27-11-3-12-28-52)83-73(86-76)53-29-13-4-14-30-53)43-63(69)64-44-57(40-42-70(64)89)77-87-74(54-31-15-5-16-32-54)84-75(88-77)55-33-17-6-18-34-55/h1-47H. The van der Waals surface area contributed by atoms with E-state index in [1.54, 1.807) is 0 Å². The molecule has 0 radical (unpaired) electrons. The average Bonchev–Trinajstić information content (AvgIpc) is 1.78. The van der Waals surface area contributed by atoms with Gasteiger partial charge in [0.05, 0.1) is 51.4 Å². The van der Waals surface area contributed by atoms with Crippen molar-refractivity contribution in [2.75, 3.05) is 0 Å². The number of nitriles is 2. The van der Waals surface area contributed by atoms with Gasteiger partial charge in [0.25, 0.3) is 0 Å². The number of fused-ring (bicyclic) bond motifs is 3. The highest BCUT2D eigenvalue weighted by Gasteiger charge is 2.27. The van der Waals surface area contributed by atoms with Crippen LogP contribution in [0.15, 0.2) is 285 Å². The van der Waals surface area contributed by atoms with Crippen molar-refractivity contribution in [1.29, 1.82) is 10.5 Å². The Labute approximate surface area is 512 Å². The second-order valence-electron chi connectivity index (χ2n) is 21.3. The van der Waals surface area contributed by atoms with Crippen molar-refractivity contribution in [1.82, 2.24) is 44.4 Å². The van der Waals surface area contributed by atoms with Crippen LogP contribution in [0, 0.1) is 22.7 Å². The Hall–Kier alpha value is -12.7.